The highest BCUT2D eigenvalue weighted by Gasteiger charge is 2.18. The lowest BCUT2D eigenvalue weighted by atomic mass is 10.1. The first-order valence-corrected chi connectivity index (χ1v) is 5.61. The molecule has 0 saturated heterocycles. The molecule has 0 fully saturated rings. The molecule has 90 valence electrons. The van der Waals surface area contributed by atoms with Crippen LogP contribution in [0.5, 0.6) is 0 Å². The van der Waals surface area contributed by atoms with Gasteiger partial charge in [-0.15, -0.1) is 0 Å². The molecule has 2 heterocycles. The standard InChI is InChI=1S/C12H16N4O/c1-5-16-6-10(7-17)12(14-16)11-8(2)13-15(4)9(11)3/h6-7H,5H2,1-4H3. The van der Waals surface area contributed by atoms with Crippen LogP contribution in [-0.2, 0) is 13.6 Å². The van der Waals surface area contributed by atoms with E-state index in [1.165, 1.54) is 0 Å². The maximum atomic E-state index is 11.1. The van der Waals surface area contributed by atoms with E-state index in [1.807, 2.05) is 32.5 Å². The Morgan fingerprint density at radius 1 is 1.35 bits per heavy atom. The van der Waals surface area contributed by atoms with Crippen molar-refractivity contribution >= 4 is 6.29 Å². The smallest absolute Gasteiger partial charge is 0.153 e. The normalized spacial score (nSPS) is 10.8. The van der Waals surface area contributed by atoms with Crippen molar-refractivity contribution in [1.29, 1.82) is 0 Å². The van der Waals surface area contributed by atoms with Crippen LogP contribution in [0.3, 0.4) is 0 Å². The molecule has 0 N–H and O–H groups in total. The average Bonchev–Trinajstić information content (AvgIpc) is 2.81. The Morgan fingerprint density at radius 2 is 2.06 bits per heavy atom. The Morgan fingerprint density at radius 3 is 2.53 bits per heavy atom. The van der Waals surface area contributed by atoms with Gasteiger partial charge in [0.05, 0.1) is 11.3 Å². The highest BCUT2D eigenvalue weighted by Crippen LogP contribution is 2.27. The molecule has 0 amide bonds. The van der Waals surface area contributed by atoms with E-state index in [4.69, 9.17) is 0 Å². The first-order valence-electron chi connectivity index (χ1n) is 5.61. The Labute approximate surface area is 100 Å². The zero-order chi connectivity index (χ0) is 12.6. The maximum Gasteiger partial charge on any atom is 0.153 e. The monoisotopic (exact) mass is 232 g/mol. The Hall–Kier alpha value is -1.91. The van der Waals surface area contributed by atoms with E-state index in [-0.39, 0.29) is 0 Å². The third kappa shape index (κ3) is 1.77. The van der Waals surface area contributed by atoms with Crippen molar-refractivity contribution in [1.82, 2.24) is 19.6 Å². The van der Waals surface area contributed by atoms with Gasteiger partial charge in [0.25, 0.3) is 0 Å². The molecular weight excluding hydrogens is 216 g/mol. The van der Waals surface area contributed by atoms with Crippen LogP contribution in [0.1, 0.15) is 28.7 Å². The van der Waals surface area contributed by atoms with E-state index in [2.05, 4.69) is 10.2 Å². The van der Waals surface area contributed by atoms with Crippen LogP contribution < -0.4 is 0 Å². The molecule has 0 aliphatic carbocycles. The topological polar surface area (TPSA) is 52.7 Å². The molecule has 5 heteroatoms. The van der Waals surface area contributed by atoms with E-state index in [0.717, 1.165) is 35.5 Å². The predicted octanol–water partition coefficient (Wildman–Crippen LogP) is 1.73. The molecule has 0 radical (unpaired) electrons. The predicted molar refractivity (Wildman–Crippen MR) is 65.0 cm³/mol. The van der Waals surface area contributed by atoms with E-state index in [0.29, 0.717) is 5.56 Å². The summed E-state index contributed by atoms with van der Waals surface area (Å²) in [6.07, 6.45) is 2.62. The Bertz CT molecular complexity index is 565. The van der Waals surface area contributed by atoms with Gasteiger partial charge in [0.2, 0.25) is 0 Å². The lowest BCUT2D eigenvalue weighted by Gasteiger charge is -1.99. The summed E-state index contributed by atoms with van der Waals surface area (Å²) >= 11 is 0. The van der Waals surface area contributed by atoms with Gasteiger partial charge in [-0.2, -0.15) is 10.2 Å². The van der Waals surface area contributed by atoms with Gasteiger partial charge in [-0.3, -0.25) is 14.2 Å². The van der Waals surface area contributed by atoms with Gasteiger partial charge in [-0.25, -0.2) is 0 Å². The van der Waals surface area contributed by atoms with Crippen LogP contribution in [0.25, 0.3) is 11.3 Å². The molecule has 0 bridgehead atoms. The average molecular weight is 232 g/mol. The summed E-state index contributed by atoms with van der Waals surface area (Å²) in [5, 5.41) is 8.79. The molecule has 0 saturated carbocycles. The summed E-state index contributed by atoms with van der Waals surface area (Å²) in [5.41, 5.74) is 4.22. The summed E-state index contributed by atoms with van der Waals surface area (Å²) in [7, 11) is 1.89. The Balaban J connectivity index is 2.66. The van der Waals surface area contributed by atoms with Crippen LogP contribution >= 0.6 is 0 Å². The fourth-order valence-electron chi connectivity index (χ4n) is 2.00. The number of carbonyl (C=O) groups excluding carboxylic acids is 1. The van der Waals surface area contributed by atoms with Crippen molar-refractivity contribution in [2.45, 2.75) is 27.3 Å². The quantitative estimate of drug-likeness (QED) is 0.757. The fraction of sp³-hybridized carbons (Fsp3) is 0.417. The van der Waals surface area contributed by atoms with Crippen LogP contribution in [0, 0.1) is 13.8 Å². The molecule has 2 aromatic heterocycles. The second kappa shape index (κ2) is 4.16. The number of carbonyl (C=O) groups is 1. The van der Waals surface area contributed by atoms with Crippen LogP contribution in [0.2, 0.25) is 0 Å². The zero-order valence-corrected chi connectivity index (χ0v) is 10.6. The van der Waals surface area contributed by atoms with E-state index >= 15 is 0 Å². The molecule has 0 spiro atoms. The van der Waals surface area contributed by atoms with Gasteiger partial charge in [0.1, 0.15) is 5.69 Å². The van der Waals surface area contributed by atoms with Crippen molar-refractivity contribution in [2.75, 3.05) is 0 Å². The first kappa shape index (κ1) is 11.6. The minimum Gasteiger partial charge on any atom is -0.298 e. The van der Waals surface area contributed by atoms with Crippen molar-refractivity contribution < 1.29 is 4.79 Å². The van der Waals surface area contributed by atoms with Crippen LogP contribution in [0.4, 0.5) is 0 Å². The fourth-order valence-corrected chi connectivity index (χ4v) is 2.00. The first-order chi connectivity index (χ1) is 8.08. The molecule has 0 aromatic carbocycles. The summed E-state index contributed by atoms with van der Waals surface area (Å²) in [6.45, 7) is 6.66. The summed E-state index contributed by atoms with van der Waals surface area (Å²) < 4.78 is 3.58. The largest absolute Gasteiger partial charge is 0.298 e. The molecule has 2 aromatic rings. The van der Waals surface area contributed by atoms with Gasteiger partial charge in [-0.1, -0.05) is 0 Å². The zero-order valence-electron chi connectivity index (χ0n) is 10.6. The number of hydrogen-bond acceptors (Lipinski definition) is 3. The van der Waals surface area contributed by atoms with Gasteiger partial charge >= 0.3 is 0 Å². The van der Waals surface area contributed by atoms with Gasteiger partial charge in [0, 0.05) is 31.0 Å². The van der Waals surface area contributed by atoms with Gasteiger partial charge in [0.15, 0.2) is 6.29 Å². The minimum absolute atomic E-state index is 0.617. The number of aldehydes is 1. The summed E-state index contributed by atoms with van der Waals surface area (Å²) in [6, 6.07) is 0. The van der Waals surface area contributed by atoms with E-state index < -0.39 is 0 Å². The van der Waals surface area contributed by atoms with Gasteiger partial charge in [-0.05, 0) is 20.8 Å². The molecular formula is C12H16N4O. The molecule has 0 aliphatic heterocycles. The number of aryl methyl sites for hydroxylation is 3. The molecule has 0 atom stereocenters. The molecule has 5 nitrogen and oxygen atoms in total. The lowest BCUT2D eigenvalue weighted by Crippen LogP contribution is -1.95. The number of hydrogen-bond donors (Lipinski definition) is 0. The number of aromatic nitrogens is 4. The molecule has 0 aliphatic rings. The van der Waals surface area contributed by atoms with Crippen LogP contribution in [-0.4, -0.2) is 25.8 Å². The highest BCUT2D eigenvalue weighted by molar-refractivity contribution is 5.86. The van der Waals surface area contributed by atoms with Crippen LogP contribution in [0.15, 0.2) is 6.20 Å². The third-order valence-corrected chi connectivity index (χ3v) is 2.99. The van der Waals surface area contributed by atoms with E-state index in [1.54, 1.807) is 10.9 Å². The minimum atomic E-state index is 0.617. The lowest BCUT2D eigenvalue weighted by molar-refractivity contribution is 0.112. The maximum absolute atomic E-state index is 11.1. The summed E-state index contributed by atoms with van der Waals surface area (Å²) in [4.78, 5) is 11.1. The van der Waals surface area contributed by atoms with Crippen molar-refractivity contribution in [2.24, 2.45) is 7.05 Å². The molecule has 2 rings (SSSR count). The van der Waals surface area contributed by atoms with Crippen molar-refractivity contribution in [3.8, 4) is 11.3 Å². The van der Waals surface area contributed by atoms with E-state index in [9.17, 15) is 4.79 Å². The highest BCUT2D eigenvalue weighted by atomic mass is 16.1. The third-order valence-electron chi connectivity index (χ3n) is 2.99. The number of nitrogens with zero attached hydrogens (tertiary/aromatic N) is 4. The van der Waals surface area contributed by atoms with Gasteiger partial charge < -0.3 is 0 Å². The SMILES string of the molecule is CCn1cc(C=O)c(-c2c(C)nn(C)c2C)n1. The Kier molecular flexibility index (Phi) is 2.83. The molecule has 17 heavy (non-hydrogen) atoms. The number of rotatable bonds is 3. The van der Waals surface area contributed by atoms with Crippen molar-refractivity contribution in [3.63, 3.8) is 0 Å². The second-order valence-corrected chi connectivity index (χ2v) is 4.08. The molecule has 0 unspecified atom stereocenters. The summed E-state index contributed by atoms with van der Waals surface area (Å²) in [5.74, 6) is 0. The second-order valence-electron chi connectivity index (χ2n) is 4.08. The van der Waals surface area contributed by atoms with Crippen molar-refractivity contribution in [3.05, 3.63) is 23.1 Å².